The Morgan fingerprint density at radius 2 is 1.76 bits per heavy atom. The minimum Gasteiger partial charge on any atom is -0.488 e. The Labute approximate surface area is 238 Å². The number of aliphatic hydroxyl groups is 1. The first-order valence-electron chi connectivity index (χ1n) is 13.1. The van der Waals surface area contributed by atoms with Crippen LogP contribution in [0.2, 0.25) is 0 Å². The monoisotopic (exact) mass is 584 g/mol. The Kier molecular flexibility index (Phi) is 9.26. The van der Waals surface area contributed by atoms with E-state index in [0.29, 0.717) is 11.4 Å². The number of likely N-dealkylation sites (N-methyl/N-ethyl adjacent to an activating group) is 1. The molecule has 12 heteroatoms. The third kappa shape index (κ3) is 7.02. The van der Waals surface area contributed by atoms with Gasteiger partial charge in [0, 0.05) is 30.9 Å². The predicted octanol–water partition coefficient (Wildman–Crippen LogP) is 4.01. The van der Waals surface area contributed by atoms with Crippen molar-refractivity contribution in [2.24, 2.45) is 5.92 Å². The van der Waals surface area contributed by atoms with Crippen molar-refractivity contribution in [3.63, 3.8) is 0 Å². The zero-order valence-corrected chi connectivity index (χ0v) is 23.8. The SMILES string of the molecule is C[C@H]1CN([C@@H](C)CO)C(=O)c2cc(NC(=O)Nc3ccccc3)ccc2O[C@H]1CN(C)S(=O)(=O)c1ccc(F)cc1. The number of benzene rings is 3. The molecule has 1 heterocycles. The van der Waals surface area contributed by atoms with Crippen molar-refractivity contribution in [1.29, 1.82) is 0 Å². The molecular formula is C29H33FN4O6S. The van der Waals surface area contributed by atoms with Crippen LogP contribution in [-0.2, 0) is 10.0 Å². The summed E-state index contributed by atoms with van der Waals surface area (Å²) < 4.78 is 47.1. The second-order valence-electron chi connectivity index (χ2n) is 10.0. The number of hydrogen-bond donors (Lipinski definition) is 3. The van der Waals surface area contributed by atoms with E-state index < -0.39 is 39.9 Å². The number of halogens is 1. The van der Waals surface area contributed by atoms with Crippen molar-refractivity contribution in [2.75, 3.05) is 37.4 Å². The number of urea groups is 1. The number of fused-ring (bicyclic) bond motifs is 1. The lowest BCUT2D eigenvalue weighted by molar-refractivity contribution is 0.0387. The molecule has 3 atom stereocenters. The quantitative estimate of drug-likeness (QED) is 0.367. The normalized spacial score (nSPS) is 18.1. The third-order valence-electron chi connectivity index (χ3n) is 6.91. The van der Waals surface area contributed by atoms with Crippen molar-refractivity contribution >= 4 is 33.3 Å². The number of aliphatic hydroxyl groups excluding tert-OH is 1. The van der Waals surface area contributed by atoms with Gasteiger partial charge in [0.2, 0.25) is 10.0 Å². The fourth-order valence-electron chi connectivity index (χ4n) is 4.47. The van der Waals surface area contributed by atoms with Crippen molar-refractivity contribution in [1.82, 2.24) is 9.21 Å². The molecule has 41 heavy (non-hydrogen) atoms. The molecule has 0 fully saturated rings. The average Bonchev–Trinajstić information content (AvgIpc) is 2.95. The first-order valence-corrected chi connectivity index (χ1v) is 14.5. The molecular weight excluding hydrogens is 551 g/mol. The Morgan fingerprint density at radius 3 is 2.41 bits per heavy atom. The number of amides is 3. The first kappa shape index (κ1) is 30.0. The van der Waals surface area contributed by atoms with Gasteiger partial charge in [-0.25, -0.2) is 17.6 Å². The van der Waals surface area contributed by atoms with E-state index in [1.54, 1.807) is 43.3 Å². The van der Waals surface area contributed by atoms with Crippen LogP contribution < -0.4 is 15.4 Å². The second-order valence-corrected chi connectivity index (χ2v) is 12.1. The van der Waals surface area contributed by atoms with Gasteiger partial charge in [-0.15, -0.1) is 0 Å². The van der Waals surface area contributed by atoms with Crippen molar-refractivity contribution in [3.05, 3.63) is 84.2 Å². The maximum absolute atomic E-state index is 13.6. The second kappa shape index (κ2) is 12.7. The van der Waals surface area contributed by atoms with Crippen LogP contribution in [0.3, 0.4) is 0 Å². The fraction of sp³-hybridized carbons (Fsp3) is 0.310. The molecule has 3 N–H and O–H groups in total. The van der Waals surface area contributed by atoms with E-state index in [2.05, 4.69) is 10.6 Å². The molecule has 1 aliphatic rings. The van der Waals surface area contributed by atoms with Gasteiger partial charge in [0.25, 0.3) is 5.91 Å². The molecule has 0 radical (unpaired) electrons. The van der Waals surface area contributed by atoms with E-state index in [9.17, 15) is 27.5 Å². The van der Waals surface area contributed by atoms with Crippen LogP contribution in [-0.4, -0.2) is 73.6 Å². The standard InChI is InChI=1S/C29H33FN4O6S/c1-19-16-34(20(2)18-35)28(36)25-15-23(32-29(37)31-22-7-5-4-6-8-22)11-14-26(25)40-27(19)17-33(3)41(38,39)24-12-9-21(30)10-13-24/h4-15,19-20,27,35H,16-18H2,1-3H3,(H2,31,32,37)/t19-,20-,27-/m0/s1. The minimum atomic E-state index is -3.96. The van der Waals surface area contributed by atoms with Gasteiger partial charge in [0.15, 0.2) is 0 Å². The van der Waals surface area contributed by atoms with Gasteiger partial charge in [-0.05, 0) is 61.5 Å². The number of hydrogen-bond acceptors (Lipinski definition) is 6. The maximum atomic E-state index is 13.6. The smallest absolute Gasteiger partial charge is 0.323 e. The number of ether oxygens (including phenoxy) is 1. The molecule has 3 aromatic carbocycles. The number of sulfonamides is 1. The average molecular weight is 585 g/mol. The predicted molar refractivity (Wildman–Crippen MR) is 153 cm³/mol. The van der Waals surface area contributed by atoms with Crippen molar-refractivity contribution < 1.29 is 32.2 Å². The number of para-hydroxylation sites is 1. The largest absolute Gasteiger partial charge is 0.488 e. The number of anilines is 2. The summed E-state index contributed by atoms with van der Waals surface area (Å²) in [4.78, 5) is 27.6. The minimum absolute atomic E-state index is 0.0597. The van der Waals surface area contributed by atoms with Gasteiger partial charge in [0.1, 0.15) is 17.7 Å². The zero-order valence-electron chi connectivity index (χ0n) is 23.0. The van der Waals surface area contributed by atoms with Gasteiger partial charge >= 0.3 is 6.03 Å². The van der Waals surface area contributed by atoms with Crippen LogP contribution in [0.1, 0.15) is 24.2 Å². The molecule has 0 spiro atoms. The van der Waals surface area contributed by atoms with Crippen LogP contribution in [0.5, 0.6) is 5.75 Å². The Bertz CT molecular complexity index is 1490. The number of nitrogens with one attached hydrogen (secondary N) is 2. The van der Waals surface area contributed by atoms with Gasteiger partial charge in [-0.3, -0.25) is 4.79 Å². The summed E-state index contributed by atoms with van der Waals surface area (Å²) in [5.41, 5.74) is 1.09. The summed E-state index contributed by atoms with van der Waals surface area (Å²) in [5, 5.41) is 15.3. The summed E-state index contributed by atoms with van der Waals surface area (Å²) in [7, 11) is -2.55. The van der Waals surface area contributed by atoms with Crippen LogP contribution in [0, 0.1) is 11.7 Å². The molecule has 3 aromatic rings. The van der Waals surface area contributed by atoms with E-state index >= 15 is 0 Å². The topological polar surface area (TPSA) is 128 Å². The van der Waals surface area contributed by atoms with E-state index in [1.165, 1.54) is 30.1 Å². The maximum Gasteiger partial charge on any atom is 0.323 e. The van der Waals surface area contributed by atoms with Gasteiger partial charge in [-0.2, -0.15) is 4.31 Å². The lowest BCUT2D eigenvalue weighted by Gasteiger charge is -2.38. The highest BCUT2D eigenvalue weighted by molar-refractivity contribution is 7.89. The van der Waals surface area contributed by atoms with Gasteiger partial charge in [-0.1, -0.05) is 25.1 Å². The van der Waals surface area contributed by atoms with E-state index in [0.717, 1.165) is 16.4 Å². The van der Waals surface area contributed by atoms with Crippen LogP contribution >= 0.6 is 0 Å². The third-order valence-corrected chi connectivity index (χ3v) is 8.75. The van der Waals surface area contributed by atoms with Crippen molar-refractivity contribution in [2.45, 2.75) is 30.9 Å². The number of carbonyl (C=O) groups is 2. The molecule has 10 nitrogen and oxygen atoms in total. The Hall–Kier alpha value is -4.00. The number of nitrogens with zero attached hydrogens (tertiary/aromatic N) is 2. The van der Waals surface area contributed by atoms with E-state index in [-0.39, 0.29) is 41.8 Å². The molecule has 0 saturated heterocycles. The highest BCUT2D eigenvalue weighted by Crippen LogP contribution is 2.31. The molecule has 0 bridgehead atoms. The Morgan fingerprint density at radius 1 is 1.10 bits per heavy atom. The summed E-state index contributed by atoms with van der Waals surface area (Å²) in [5.74, 6) is -1.06. The van der Waals surface area contributed by atoms with Gasteiger partial charge < -0.3 is 25.4 Å². The molecule has 1 aliphatic heterocycles. The highest BCUT2D eigenvalue weighted by Gasteiger charge is 2.35. The van der Waals surface area contributed by atoms with Crippen LogP contribution in [0.25, 0.3) is 0 Å². The van der Waals surface area contributed by atoms with Crippen molar-refractivity contribution in [3.8, 4) is 5.75 Å². The zero-order chi connectivity index (χ0) is 29.7. The number of carbonyl (C=O) groups excluding carboxylic acids is 2. The molecule has 0 unspecified atom stereocenters. The van der Waals surface area contributed by atoms with E-state index in [4.69, 9.17) is 4.74 Å². The number of rotatable bonds is 8. The van der Waals surface area contributed by atoms with Crippen LogP contribution in [0.15, 0.2) is 77.7 Å². The molecule has 0 aliphatic carbocycles. The Balaban J connectivity index is 1.61. The summed E-state index contributed by atoms with van der Waals surface area (Å²) in [6.07, 6.45) is -0.685. The summed E-state index contributed by atoms with van der Waals surface area (Å²) >= 11 is 0. The van der Waals surface area contributed by atoms with Gasteiger partial charge in [0.05, 0.1) is 29.7 Å². The van der Waals surface area contributed by atoms with Crippen LogP contribution in [0.4, 0.5) is 20.6 Å². The fourth-order valence-corrected chi connectivity index (χ4v) is 5.65. The first-order chi connectivity index (χ1) is 19.5. The summed E-state index contributed by atoms with van der Waals surface area (Å²) in [6, 6.07) is 17.0. The lowest BCUT2D eigenvalue weighted by atomic mass is 9.99. The molecule has 4 rings (SSSR count). The lowest BCUT2D eigenvalue weighted by Crippen LogP contribution is -2.50. The molecule has 0 saturated carbocycles. The summed E-state index contributed by atoms with van der Waals surface area (Å²) in [6.45, 7) is 3.39. The highest BCUT2D eigenvalue weighted by atomic mass is 32.2. The van der Waals surface area contributed by atoms with E-state index in [1.807, 2.05) is 13.0 Å². The molecule has 0 aromatic heterocycles. The molecule has 218 valence electrons. The molecule has 3 amide bonds.